The lowest BCUT2D eigenvalue weighted by atomic mass is 10.2. The summed E-state index contributed by atoms with van der Waals surface area (Å²) in [5.41, 5.74) is -1.03. The van der Waals surface area contributed by atoms with Crippen LogP contribution in [0.2, 0.25) is 30.8 Å². The van der Waals surface area contributed by atoms with Crippen LogP contribution in [0.5, 0.6) is 0 Å². The highest BCUT2D eigenvalue weighted by molar-refractivity contribution is 6.76. The number of carbonyl (C=O) groups is 1. The zero-order valence-corrected chi connectivity index (χ0v) is 16.8. The number of aromatic nitrogens is 4. The Bertz CT molecular complexity index is 795. The first kappa shape index (κ1) is 20.7. The van der Waals surface area contributed by atoms with E-state index in [1.54, 1.807) is 0 Å². The summed E-state index contributed by atoms with van der Waals surface area (Å²) in [4.78, 5) is 19.5. The Kier molecular flexibility index (Phi) is 6.30. The van der Waals surface area contributed by atoms with Gasteiger partial charge in [-0.15, -0.1) is 0 Å². The van der Waals surface area contributed by atoms with Crippen molar-refractivity contribution in [3.05, 3.63) is 17.0 Å². The van der Waals surface area contributed by atoms with Crippen molar-refractivity contribution < 1.29 is 23.0 Å². The lowest BCUT2D eigenvalue weighted by Gasteiger charge is -2.15. The van der Waals surface area contributed by atoms with Crippen molar-refractivity contribution >= 4 is 36.8 Å². The predicted molar refractivity (Wildman–Crippen MR) is 95.0 cm³/mol. The van der Waals surface area contributed by atoms with Crippen molar-refractivity contribution in [1.29, 1.82) is 0 Å². The molecule has 0 aromatic carbocycles. The zero-order chi connectivity index (χ0) is 19.5. The van der Waals surface area contributed by atoms with Gasteiger partial charge in [0.1, 0.15) is 17.4 Å². The number of rotatable bonds is 8. The third-order valence-corrected chi connectivity index (χ3v) is 5.34. The number of nitrogens with zero attached hydrogens (tertiary/aromatic N) is 4. The number of fused-ring (bicyclic) bond motifs is 1. The zero-order valence-electron chi connectivity index (χ0n) is 15.1. The highest BCUT2D eigenvalue weighted by Crippen LogP contribution is 2.33. The molecule has 0 amide bonds. The molecule has 144 valence electrons. The fourth-order valence-electron chi connectivity index (χ4n) is 2.07. The van der Waals surface area contributed by atoms with Crippen LogP contribution >= 0.6 is 11.6 Å². The van der Waals surface area contributed by atoms with E-state index in [4.69, 9.17) is 16.3 Å². The van der Waals surface area contributed by atoms with Gasteiger partial charge < -0.3 is 9.47 Å². The van der Waals surface area contributed by atoms with Gasteiger partial charge in [-0.05, 0) is 13.0 Å². The molecule has 2 rings (SSSR count). The molecule has 0 N–H and O–H groups in total. The summed E-state index contributed by atoms with van der Waals surface area (Å²) < 4.78 is 40.0. The molecule has 2 heterocycles. The minimum Gasteiger partial charge on any atom is -0.461 e. The van der Waals surface area contributed by atoms with Crippen LogP contribution in [0.1, 0.15) is 12.6 Å². The first-order valence-electron chi connectivity index (χ1n) is 8.08. The second kappa shape index (κ2) is 7.93. The Hall–Kier alpha value is -1.65. The van der Waals surface area contributed by atoms with Gasteiger partial charge in [0.15, 0.2) is 11.3 Å². The molecule has 7 nitrogen and oxygen atoms in total. The highest BCUT2D eigenvalue weighted by Gasteiger charge is 2.47. The summed E-state index contributed by atoms with van der Waals surface area (Å²) in [6.07, 6.45) is 1.12. The molecule has 0 aliphatic carbocycles. The lowest BCUT2D eigenvalue weighted by molar-refractivity contribution is -0.173. The van der Waals surface area contributed by atoms with E-state index in [-0.39, 0.29) is 29.7 Å². The maximum atomic E-state index is 14.4. The van der Waals surface area contributed by atoms with Gasteiger partial charge in [-0.3, -0.25) is 0 Å². The Morgan fingerprint density at radius 1 is 1.38 bits per heavy atom. The molecule has 0 spiro atoms. The van der Waals surface area contributed by atoms with Crippen molar-refractivity contribution in [2.24, 2.45) is 0 Å². The normalized spacial score (nSPS) is 12.6. The Morgan fingerprint density at radius 3 is 2.69 bits per heavy atom. The number of ether oxygens (including phenoxy) is 2. The van der Waals surface area contributed by atoms with E-state index < -0.39 is 25.7 Å². The van der Waals surface area contributed by atoms with Gasteiger partial charge in [0.2, 0.25) is 0 Å². The molecule has 0 saturated carbocycles. The van der Waals surface area contributed by atoms with E-state index in [2.05, 4.69) is 39.4 Å². The molecular formula is C15H21ClF2N4O3Si. The molecule has 2 aromatic rings. The minimum absolute atomic E-state index is 0.0180. The van der Waals surface area contributed by atoms with Gasteiger partial charge in [0.25, 0.3) is 0 Å². The SMILES string of the molecule is CCOC(=O)C(F)(F)c1nn(COCC[Si](C)(C)C)c2nc(Cl)cnc12. The van der Waals surface area contributed by atoms with Gasteiger partial charge in [0, 0.05) is 14.7 Å². The molecule has 0 radical (unpaired) electrons. The number of hydrogen-bond acceptors (Lipinski definition) is 6. The molecule has 26 heavy (non-hydrogen) atoms. The van der Waals surface area contributed by atoms with Crippen LogP contribution in [0.4, 0.5) is 8.78 Å². The third-order valence-electron chi connectivity index (χ3n) is 3.45. The Balaban J connectivity index is 2.33. The Labute approximate surface area is 155 Å². The first-order chi connectivity index (χ1) is 12.1. The molecule has 0 atom stereocenters. The molecule has 0 unspecified atom stereocenters. The Morgan fingerprint density at radius 2 is 2.08 bits per heavy atom. The number of halogens is 3. The van der Waals surface area contributed by atoms with Crippen LogP contribution < -0.4 is 0 Å². The second-order valence-corrected chi connectivity index (χ2v) is 12.9. The van der Waals surface area contributed by atoms with Gasteiger partial charge in [-0.2, -0.15) is 13.9 Å². The summed E-state index contributed by atoms with van der Waals surface area (Å²) in [5, 5.41) is 3.83. The largest absolute Gasteiger partial charge is 0.461 e. The summed E-state index contributed by atoms with van der Waals surface area (Å²) in [7, 11) is -1.29. The predicted octanol–water partition coefficient (Wildman–Crippen LogP) is 3.45. The molecule has 0 aliphatic rings. The van der Waals surface area contributed by atoms with Gasteiger partial charge in [-0.25, -0.2) is 19.4 Å². The van der Waals surface area contributed by atoms with Crippen molar-refractivity contribution in [3.8, 4) is 0 Å². The van der Waals surface area contributed by atoms with E-state index in [1.165, 1.54) is 6.92 Å². The van der Waals surface area contributed by atoms with Crippen molar-refractivity contribution in [2.45, 2.75) is 45.3 Å². The number of alkyl halides is 2. The number of carbonyl (C=O) groups excluding carboxylic acids is 1. The van der Waals surface area contributed by atoms with Crippen molar-refractivity contribution in [2.75, 3.05) is 13.2 Å². The van der Waals surface area contributed by atoms with Gasteiger partial charge in [0.05, 0.1) is 12.8 Å². The van der Waals surface area contributed by atoms with Crippen LogP contribution in [0.25, 0.3) is 11.2 Å². The average molecular weight is 407 g/mol. The molecule has 0 saturated heterocycles. The van der Waals surface area contributed by atoms with Crippen molar-refractivity contribution in [1.82, 2.24) is 19.7 Å². The summed E-state index contributed by atoms with van der Waals surface area (Å²) in [6, 6.07) is 0.907. The average Bonchev–Trinajstić information content (AvgIpc) is 2.89. The van der Waals surface area contributed by atoms with E-state index >= 15 is 0 Å². The van der Waals surface area contributed by atoms with Crippen LogP contribution in [-0.2, 0) is 26.9 Å². The van der Waals surface area contributed by atoms with E-state index in [1.807, 2.05) is 0 Å². The number of hydrogen-bond donors (Lipinski definition) is 0. The molecule has 0 aliphatic heterocycles. The maximum Gasteiger partial charge on any atom is 0.388 e. The van der Waals surface area contributed by atoms with E-state index in [9.17, 15) is 13.6 Å². The number of esters is 1. The molecule has 2 aromatic heterocycles. The minimum atomic E-state index is -3.96. The third kappa shape index (κ3) is 4.74. The smallest absolute Gasteiger partial charge is 0.388 e. The van der Waals surface area contributed by atoms with Gasteiger partial charge in [-0.1, -0.05) is 31.2 Å². The highest BCUT2D eigenvalue weighted by atomic mass is 35.5. The van der Waals surface area contributed by atoms with E-state index in [0.29, 0.717) is 6.61 Å². The first-order valence-corrected chi connectivity index (χ1v) is 12.2. The van der Waals surface area contributed by atoms with Crippen LogP contribution in [0.3, 0.4) is 0 Å². The van der Waals surface area contributed by atoms with Gasteiger partial charge >= 0.3 is 11.9 Å². The fourth-order valence-corrected chi connectivity index (χ4v) is 2.96. The summed E-state index contributed by atoms with van der Waals surface area (Å²) in [5.74, 6) is -5.65. The molecular weight excluding hydrogens is 386 g/mol. The van der Waals surface area contributed by atoms with E-state index in [0.717, 1.165) is 16.9 Å². The van der Waals surface area contributed by atoms with Crippen LogP contribution in [0.15, 0.2) is 6.20 Å². The fraction of sp³-hybridized carbons (Fsp3) is 0.600. The molecule has 11 heteroatoms. The summed E-state index contributed by atoms with van der Waals surface area (Å²) in [6.45, 7) is 8.22. The quantitative estimate of drug-likeness (QED) is 0.379. The molecule has 0 fully saturated rings. The van der Waals surface area contributed by atoms with Crippen LogP contribution in [-0.4, -0.2) is 47.0 Å². The lowest BCUT2D eigenvalue weighted by Crippen LogP contribution is -2.29. The molecule has 0 bridgehead atoms. The van der Waals surface area contributed by atoms with Crippen LogP contribution in [0, 0.1) is 0 Å². The standard InChI is InChI=1S/C15H21ClF2N4O3Si/c1-5-25-14(23)15(17,18)12-11-13(20-10(16)8-19-11)22(21-12)9-24-6-7-26(2,3)4/h8H,5-7,9H2,1-4H3. The summed E-state index contributed by atoms with van der Waals surface area (Å²) >= 11 is 5.82. The monoisotopic (exact) mass is 406 g/mol. The topological polar surface area (TPSA) is 79.1 Å². The van der Waals surface area contributed by atoms with Crippen molar-refractivity contribution in [3.63, 3.8) is 0 Å². The maximum absolute atomic E-state index is 14.4. The second-order valence-electron chi connectivity index (χ2n) is 6.86.